The van der Waals surface area contributed by atoms with Crippen molar-refractivity contribution in [2.75, 3.05) is 12.9 Å². The first-order valence-electron chi connectivity index (χ1n) is 5.33. The van der Waals surface area contributed by atoms with Gasteiger partial charge in [-0.2, -0.15) is 12.6 Å². The number of thiol groups is 1. The SMILES string of the molecule is COCc1cccc2c1C=C(CS)C2(C)N. The van der Waals surface area contributed by atoms with E-state index in [4.69, 9.17) is 10.5 Å². The predicted octanol–water partition coefficient (Wildman–Crippen LogP) is 2.33. The van der Waals surface area contributed by atoms with E-state index in [1.54, 1.807) is 7.11 Å². The summed E-state index contributed by atoms with van der Waals surface area (Å²) in [5, 5.41) is 0. The van der Waals surface area contributed by atoms with E-state index in [1.165, 1.54) is 16.7 Å². The summed E-state index contributed by atoms with van der Waals surface area (Å²) in [6.07, 6.45) is 2.15. The average Bonchev–Trinajstić information content (AvgIpc) is 2.52. The van der Waals surface area contributed by atoms with E-state index >= 15 is 0 Å². The molecule has 0 bridgehead atoms. The molecule has 3 heteroatoms. The molecule has 2 N–H and O–H groups in total. The minimum atomic E-state index is -0.388. The Morgan fingerprint density at radius 1 is 1.44 bits per heavy atom. The van der Waals surface area contributed by atoms with E-state index in [9.17, 15) is 0 Å². The summed E-state index contributed by atoms with van der Waals surface area (Å²) in [6, 6.07) is 6.20. The van der Waals surface area contributed by atoms with Crippen LogP contribution < -0.4 is 5.73 Å². The molecule has 1 aliphatic rings. The first-order chi connectivity index (χ1) is 7.61. The average molecular weight is 235 g/mol. The maximum Gasteiger partial charge on any atom is 0.0718 e. The van der Waals surface area contributed by atoms with Crippen molar-refractivity contribution in [3.05, 3.63) is 40.5 Å². The van der Waals surface area contributed by atoms with Crippen molar-refractivity contribution < 1.29 is 4.74 Å². The van der Waals surface area contributed by atoms with Crippen molar-refractivity contribution in [2.45, 2.75) is 19.1 Å². The number of methoxy groups -OCH3 is 1. The summed E-state index contributed by atoms with van der Waals surface area (Å²) in [5.74, 6) is 0.689. The summed E-state index contributed by atoms with van der Waals surface area (Å²) < 4.78 is 5.20. The molecule has 1 aromatic rings. The molecule has 2 nitrogen and oxygen atoms in total. The van der Waals surface area contributed by atoms with E-state index in [0.717, 1.165) is 5.57 Å². The Labute approximate surface area is 102 Å². The van der Waals surface area contributed by atoms with E-state index in [0.29, 0.717) is 12.4 Å². The molecule has 1 atom stereocenters. The second-order valence-corrected chi connectivity index (χ2v) is 4.66. The number of rotatable bonds is 3. The topological polar surface area (TPSA) is 35.2 Å². The van der Waals surface area contributed by atoms with Gasteiger partial charge in [-0.05, 0) is 29.2 Å². The lowest BCUT2D eigenvalue weighted by Gasteiger charge is -2.24. The monoisotopic (exact) mass is 235 g/mol. The molecule has 0 aliphatic heterocycles. The number of fused-ring (bicyclic) bond motifs is 1. The van der Waals surface area contributed by atoms with Crippen molar-refractivity contribution in [1.29, 1.82) is 0 Å². The zero-order valence-electron chi connectivity index (χ0n) is 9.66. The Kier molecular flexibility index (Phi) is 3.10. The van der Waals surface area contributed by atoms with E-state index in [-0.39, 0.29) is 5.54 Å². The highest BCUT2D eigenvalue weighted by Gasteiger charge is 2.33. The molecule has 1 unspecified atom stereocenters. The smallest absolute Gasteiger partial charge is 0.0718 e. The van der Waals surface area contributed by atoms with Crippen LogP contribution in [0.2, 0.25) is 0 Å². The van der Waals surface area contributed by atoms with E-state index in [1.807, 2.05) is 13.0 Å². The molecule has 86 valence electrons. The second kappa shape index (κ2) is 4.24. The highest BCUT2D eigenvalue weighted by atomic mass is 32.1. The Hall–Kier alpha value is -0.770. The van der Waals surface area contributed by atoms with Crippen LogP contribution in [-0.4, -0.2) is 12.9 Å². The molecule has 1 aliphatic carbocycles. The Morgan fingerprint density at radius 2 is 2.19 bits per heavy atom. The molecular weight excluding hydrogens is 218 g/mol. The van der Waals surface area contributed by atoms with Crippen molar-refractivity contribution in [2.24, 2.45) is 5.73 Å². The number of ether oxygens (including phenoxy) is 1. The molecule has 0 saturated heterocycles. The lowest BCUT2D eigenvalue weighted by Crippen LogP contribution is -2.33. The van der Waals surface area contributed by atoms with Gasteiger partial charge in [-0.3, -0.25) is 0 Å². The highest BCUT2D eigenvalue weighted by Crippen LogP contribution is 2.39. The molecule has 0 heterocycles. The lowest BCUT2D eigenvalue weighted by atomic mass is 9.89. The van der Waals surface area contributed by atoms with Gasteiger partial charge in [0, 0.05) is 12.9 Å². The van der Waals surface area contributed by atoms with Crippen molar-refractivity contribution in [3.8, 4) is 0 Å². The zero-order valence-corrected chi connectivity index (χ0v) is 10.6. The van der Waals surface area contributed by atoms with Crippen LogP contribution in [0.4, 0.5) is 0 Å². The fraction of sp³-hybridized carbons (Fsp3) is 0.385. The van der Waals surface area contributed by atoms with Crippen LogP contribution in [0.1, 0.15) is 23.6 Å². The van der Waals surface area contributed by atoms with Gasteiger partial charge < -0.3 is 10.5 Å². The van der Waals surface area contributed by atoms with E-state index < -0.39 is 0 Å². The van der Waals surface area contributed by atoms with E-state index in [2.05, 4.69) is 30.8 Å². The van der Waals surface area contributed by atoms with Crippen LogP contribution in [-0.2, 0) is 16.9 Å². The van der Waals surface area contributed by atoms with Crippen LogP contribution in [0.15, 0.2) is 23.8 Å². The van der Waals surface area contributed by atoms with Gasteiger partial charge in [0.1, 0.15) is 0 Å². The first-order valence-corrected chi connectivity index (χ1v) is 5.96. The highest BCUT2D eigenvalue weighted by molar-refractivity contribution is 7.80. The summed E-state index contributed by atoms with van der Waals surface area (Å²) in [7, 11) is 1.71. The quantitative estimate of drug-likeness (QED) is 0.789. The standard InChI is InChI=1S/C13H17NOS/c1-13(14)10(8-16)6-11-9(7-15-2)4-3-5-12(11)13/h3-6,16H,7-8,14H2,1-2H3. The summed E-state index contributed by atoms with van der Waals surface area (Å²) in [4.78, 5) is 0. The van der Waals surface area contributed by atoms with Crippen LogP contribution in [0.3, 0.4) is 0 Å². The second-order valence-electron chi connectivity index (χ2n) is 4.34. The number of nitrogens with two attached hydrogens (primary N) is 1. The molecule has 16 heavy (non-hydrogen) atoms. The Morgan fingerprint density at radius 3 is 2.81 bits per heavy atom. The fourth-order valence-corrected chi connectivity index (χ4v) is 2.64. The molecule has 0 spiro atoms. The Balaban J connectivity index is 2.54. The van der Waals surface area contributed by atoms with Crippen LogP contribution in [0.5, 0.6) is 0 Å². The van der Waals surface area contributed by atoms with Gasteiger partial charge in [-0.1, -0.05) is 24.3 Å². The maximum atomic E-state index is 6.35. The number of hydrogen-bond donors (Lipinski definition) is 2. The van der Waals surface area contributed by atoms with Gasteiger partial charge >= 0.3 is 0 Å². The molecule has 2 rings (SSSR count). The van der Waals surface area contributed by atoms with Gasteiger partial charge in [-0.15, -0.1) is 0 Å². The lowest BCUT2D eigenvalue weighted by molar-refractivity contribution is 0.184. The summed E-state index contributed by atoms with van der Waals surface area (Å²) >= 11 is 4.34. The minimum absolute atomic E-state index is 0.388. The zero-order chi connectivity index (χ0) is 11.8. The minimum Gasteiger partial charge on any atom is -0.380 e. The van der Waals surface area contributed by atoms with Gasteiger partial charge in [0.05, 0.1) is 12.1 Å². The molecule has 0 saturated carbocycles. The molecule has 0 radical (unpaired) electrons. The first kappa shape index (κ1) is 11.7. The maximum absolute atomic E-state index is 6.35. The van der Waals surface area contributed by atoms with Crippen LogP contribution in [0.25, 0.3) is 6.08 Å². The molecular formula is C13H17NOS. The van der Waals surface area contributed by atoms with Crippen molar-refractivity contribution in [3.63, 3.8) is 0 Å². The molecule has 0 aromatic heterocycles. The molecule has 0 amide bonds. The third kappa shape index (κ3) is 1.69. The van der Waals surface area contributed by atoms with Gasteiger partial charge in [0.2, 0.25) is 0 Å². The molecule has 1 aromatic carbocycles. The van der Waals surface area contributed by atoms with Gasteiger partial charge in [0.15, 0.2) is 0 Å². The van der Waals surface area contributed by atoms with Crippen molar-refractivity contribution in [1.82, 2.24) is 0 Å². The van der Waals surface area contributed by atoms with Crippen LogP contribution in [0, 0.1) is 0 Å². The van der Waals surface area contributed by atoms with Crippen LogP contribution >= 0.6 is 12.6 Å². The largest absolute Gasteiger partial charge is 0.380 e. The normalized spacial score (nSPS) is 23.1. The van der Waals surface area contributed by atoms with Crippen molar-refractivity contribution >= 4 is 18.7 Å². The van der Waals surface area contributed by atoms with Gasteiger partial charge in [0.25, 0.3) is 0 Å². The summed E-state index contributed by atoms with van der Waals surface area (Å²) in [6.45, 7) is 2.66. The van der Waals surface area contributed by atoms with Gasteiger partial charge in [-0.25, -0.2) is 0 Å². The fourth-order valence-electron chi connectivity index (χ4n) is 2.22. The third-order valence-corrected chi connectivity index (χ3v) is 3.55. The number of benzene rings is 1. The number of hydrogen-bond acceptors (Lipinski definition) is 3. The Bertz CT molecular complexity index is 438. The molecule has 0 fully saturated rings. The predicted molar refractivity (Wildman–Crippen MR) is 70.5 cm³/mol. The third-order valence-electron chi connectivity index (χ3n) is 3.21. The summed E-state index contributed by atoms with van der Waals surface area (Å²) in [5.41, 5.74) is 10.7.